The zero-order valence-corrected chi connectivity index (χ0v) is 12.2. The van der Waals surface area contributed by atoms with Crippen molar-refractivity contribution in [1.29, 1.82) is 0 Å². The van der Waals surface area contributed by atoms with Crippen molar-refractivity contribution in [3.05, 3.63) is 39.6 Å². The van der Waals surface area contributed by atoms with E-state index >= 15 is 0 Å². The van der Waals surface area contributed by atoms with Gasteiger partial charge in [0.05, 0.1) is 15.8 Å². The van der Waals surface area contributed by atoms with Crippen molar-refractivity contribution in [2.24, 2.45) is 0 Å². The fourth-order valence-electron chi connectivity index (χ4n) is 2.07. The van der Waals surface area contributed by atoms with Crippen LogP contribution in [0.3, 0.4) is 0 Å². The molecule has 0 saturated carbocycles. The number of pyridine rings is 1. The molecule has 0 radical (unpaired) electrons. The summed E-state index contributed by atoms with van der Waals surface area (Å²) in [5.74, 6) is -0.991. The summed E-state index contributed by atoms with van der Waals surface area (Å²) in [7, 11) is 0. The Kier molecular flexibility index (Phi) is 4.61. The van der Waals surface area contributed by atoms with Crippen molar-refractivity contribution >= 4 is 28.0 Å². The van der Waals surface area contributed by atoms with Crippen LogP contribution < -0.4 is 4.18 Å². The molecule has 136 valence electrons. The van der Waals surface area contributed by atoms with Gasteiger partial charge < -0.3 is 4.18 Å². The van der Waals surface area contributed by atoms with Gasteiger partial charge in [0.15, 0.2) is 5.75 Å². The third-order valence-corrected chi connectivity index (χ3v) is 3.17. The molecule has 0 aliphatic carbocycles. The maximum Gasteiger partial charge on any atom is 0.440 e. The standard InChI is InChI=1S/C11H4F6N2O5S/c12-10(13,14)7-6-4(2-1-3-5(6)24-25(22)23)18-9(11(15,16)17)8(7)19(20)21/h1-3H,(H,22,23). The van der Waals surface area contributed by atoms with Crippen molar-refractivity contribution in [1.82, 2.24) is 4.98 Å². The summed E-state index contributed by atoms with van der Waals surface area (Å²) in [6, 6.07) is 2.35. The van der Waals surface area contributed by atoms with Gasteiger partial charge in [-0.2, -0.15) is 30.6 Å². The van der Waals surface area contributed by atoms with Gasteiger partial charge in [-0.05, 0) is 12.1 Å². The molecule has 0 saturated heterocycles. The molecule has 25 heavy (non-hydrogen) atoms. The molecule has 0 spiro atoms. The predicted molar refractivity (Wildman–Crippen MR) is 69.8 cm³/mol. The number of nitro groups is 1. The molecule has 2 aromatic rings. The first-order valence-corrected chi connectivity index (χ1v) is 6.92. The van der Waals surface area contributed by atoms with Crippen LogP contribution in [-0.2, 0) is 23.7 Å². The van der Waals surface area contributed by atoms with E-state index in [1.807, 2.05) is 0 Å². The number of nitrogens with zero attached hydrogens (tertiary/aromatic N) is 2. The van der Waals surface area contributed by atoms with Gasteiger partial charge >= 0.3 is 29.4 Å². The lowest BCUT2D eigenvalue weighted by atomic mass is 10.0. The van der Waals surface area contributed by atoms with Crippen LogP contribution in [0.1, 0.15) is 11.3 Å². The molecule has 0 bridgehead atoms. The topological polar surface area (TPSA) is 103 Å². The van der Waals surface area contributed by atoms with Crippen LogP contribution in [-0.4, -0.2) is 18.7 Å². The van der Waals surface area contributed by atoms with Crippen molar-refractivity contribution in [3.8, 4) is 5.75 Å². The van der Waals surface area contributed by atoms with Crippen LogP contribution in [0.15, 0.2) is 18.2 Å². The molecule has 0 aliphatic rings. The van der Waals surface area contributed by atoms with E-state index in [1.54, 1.807) is 0 Å². The second kappa shape index (κ2) is 6.11. The Balaban J connectivity index is 3.11. The largest absolute Gasteiger partial charge is 0.440 e. The van der Waals surface area contributed by atoms with Crippen LogP contribution in [0, 0.1) is 10.1 Å². The van der Waals surface area contributed by atoms with Crippen molar-refractivity contribution < 1.29 is 44.2 Å². The van der Waals surface area contributed by atoms with E-state index in [0.717, 1.165) is 18.2 Å². The number of benzene rings is 1. The average molecular weight is 390 g/mol. The van der Waals surface area contributed by atoms with E-state index in [0.29, 0.717) is 0 Å². The molecule has 1 heterocycles. The Bertz CT molecular complexity index is 882. The highest BCUT2D eigenvalue weighted by molar-refractivity contribution is 7.74. The fraction of sp³-hybridized carbons (Fsp3) is 0.182. The van der Waals surface area contributed by atoms with Gasteiger partial charge in [0.1, 0.15) is 5.56 Å². The zero-order chi connectivity index (χ0) is 19.2. The van der Waals surface area contributed by atoms with Crippen molar-refractivity contribution in [2.45, 2.75) is 12.4 Å². The highest BCUT2D eigenvalue weighted by Gasteiger charge is 2.50. The van der Waals surface area contributed by atoms with E-state index in [1.165, 1.54) is 0 Å². The fourth-order valence-corrected chi connectivity index (χ4v) is 2.36. The van der Waals surface area contributed by atoms with Gasteiger partial charge in [-0.3, -0.25) is 14.7 Å². The number of fused-ring (bicyclic) bond motifs is 1. The maximum absolute atomic E-state index is 13.3. The van der Waals surface area contributed by atoms with E-state index in [9.17, 15) is 40.7 Å². The van der Waals surface area contributed by atoms with Crippen LogP contribution in [0.25, 0.3) is 10.9 Å². The summed E-state index contributed by atoms with van der Waals surface area (Å²) in [5, 5.41) is 9.69. The molecule has 0 aliphatic heterocycles. The minimum Gasteiger partial charge on any atom is -0.379 e. The summed E-state index contributed by atoms with van der Waals surface area (Å²) >= 11 is -3.13. The second-order valence-corrected chi connectivity index (χ2v) is 4.99. The third-order valence-electron chi connectivity index (χ3n) is 2.84. The van der Waals surface area contributed by atoms with Gasteiger partial charge in [-0.1, -0.05) is 6.07 Å². The molecule has 1 atom stereocenters. The van der Waals surface area contributed by atoms with Crippen LogP contribution >= 0.6 is 0 Å². The van der Waals surface area contributed by atoms with Gasteiger partial charge in [-0.15, -0.1) is 0 Å². The van der Waals surface area contributed by atoms with E-state index in [4.69, 9.17) is 4.55 Å². The highest BCUT2D eigenvalue weighted by Crippen LogP contribution is 2.48. The third kappa shape index (κ3) is 3.63. The molecular weight excluding hydrogens is 386 g/mol. The van der Waals surface area contributed by atoms with Gasteiger partial charge in [0, 0.05) is 0 Å². The van der Waals surface area contributed by atoms with Crippen molar-refractivity contribution in [3.63, 3.8) is 0 Å². The number of hydrogen-bond donors (Lipinski definition) is 1. The first-order valence-electron chi connectivity index (χ1n) is 5.88. The second-order valence-electron chi connectivity index (χ2n) is 4.39. The van der Waals surface area contributed by atoms with Gasteiger partial charge in [0.25, 0.3) is 0 Å². The number of aromatic nitrogens is 1. The summed E-state index contributed by atoms with van der Waals surface area (Å²) in [4.78, 5) is 11.9. The first-order chi connectivity index (χ1) is 11.3. The van der Waals surface area contributed by atoms with Gasteiger partial charge in [-0.25, -0.2) is 4.98 Å². The smallest absolute Gasteiger partial charge is 0.379 e. The predicted octanol–water partition coefficient (Wildman–Crippen LogP) is 3.70. The van der Waals surface area contributed by atoms with Crippen LogP contribution in [0.5, 0.6) is 5.75 Å². The SMILES string of the molecule is O=[N+]([O-])c1c(C(F)(F)F)nc2cccc(OS(=O)O)c2c1C(F)(F)F. The Morgan fingerprint density at radius 1 is 1.16 bits per heavy atom. The molecule has 1 aromatic heterocycles. The van der Waals surface area contributed by atoms with Crippen LogP contribution in [0.2, 0.25) is 0 Å². The molecular formula is C11H4F6N2O5S. The summed E-state index contributed by atoms with van der Waals surface area (Å²) in [5.41, 5.74) is -7.91. The Morgan fingerprint density at radius 3 is 2.20 bits per heavy atom. The first kappa shape index (κ1) is 18.9. The molecule has 1 aromatic carbocycles. The lowest BCUT2D eigenvalue weighted by Gasteiger charge is -2.16. The minimum absolute atomic E-state index is 0.719. The number of halogens is 6. The van der Waals surface area contributed by atoms with Crippen LogP contribution in [0.4, 0.5) is 32.0 Å². The molecule has 1 unspecified atom stereocenters. The van der Waals surface area contributed by atoms with Gasteiger partial charge in [0.2, 0.25) is 5.69 Å². The highest BCUT2D eigenvalue weighted by atomic mass is 32.2. The zero-order valence-electron chi connectivity index (χ0n) is 11.4. The Hall–Kier alpha value is -2.48. The molecule has 2 rings (SSSR count). The molecule has 0 amide bonds. The molecule has 7 nitrogen and oxygen atoms in total. The number of alkyl halides is 6. The lowest BCUT2D eigenvalue weighted by molar-refractivity contribution is -0.391. The Labute approximate surface area is 135 Å². The number of hydrogen-bond acceptors (Lipinski definition) is 5. The summed E-state index contributed by atoms with van der Waals surface area (Å²) < 4.78 is 102. The quantitative estimate of drug-likeness (QED) is 0.371. The van der Waals surface area contributed by atoms with Crippen molar-refractivity contribution in [2.75, 3.05) is 0 Å². The Morgan fingerprint density at radius 2 is 1.76 bits per heavy atom. The maximum atomic E-state index is 13.3. The molecule has 14 heteroatoms. The normalized spacial score (nSPS) is 13.7. The van der Waals surface area contributed by atoms with E-state index < -0.39 is 62.2 Å². The molecule has 0 fully saturated rings. The summed E-state index contributed by atoms with van der Waals surface area (Å²) in [6.07, 6.45) is -11.2. The monoisotopic (exact) mass is 390 g/mol. The lowest BCUT2D eigenvalue weighted by Crippen LogP contribution is -2.18. The minimum atomic E-state index is -5.61. The average Bonchev–Trinajstić information content (AvgIpc) is 2.42. The van der Waals surface area contributed by atoms with E-state index in [-0.39, 0.29) is 0 Å². The van der Waals surface area contributed by atoms with E-state index in [2.05, 4.69) is 9.17 Å². The molecule has 1 N–H and O–H groups in total. The summed E-state index contributed by atoms with van der Waals surface area (Å²) in [6.45, 7) is 0. The number of rotatable bonds is 3.